The molecule has 4 rings (SSSR count). The van der Waals surface area contributed by atoms with Crippen LogP contribution < -0.4 is 4.74 Å². The topological polar surface area (TPSA) is 129 Å². The summed E-state index contributed by atoms with van der Waals surface area (Å²) in [7, 11) is 1.91. The van der Waals surface area contributed by atoms with Crippen molar-refractivity contribution in [3.63, 3.8) is 0 Å². The van der Waals surface area contributed by atoms with Crippen molar-refractivity contribution in [2.45, 2.75) is 21.6 Å². The number of rotatable bonds is 4. The number of carbonyl (C=O) groups is 1. The molecule has 0 aromatic heterocycles. The normalized spacial score (nSPS) is 13.2. The molecular formula is C18H9Cl3O8S3. The molecule has 4 aromatic carbocycles. The van der Waals surface area contributed by atoms with Gasteiger partial charge in [0, 0.05) is 65.9 Å². The van der Waals surface area contributed by atoms with E-state index >= 15 is 0 Å². The van der Waals surface area contributed by atoms with Crippen molar-refractivity contribution < 1.29 is 34.8 Å². The van der Waals surface area contributed by atoms with E-state index in [1.54, 1.807) is 6.07 Å². The van der Waals surface area contributed by atoms with Gasteiger partial charge in [0.25, 0.3) is 27.2 Å². The zero-order chi connectivity index (χ0) is 23.8. The molecule has 0 saturated heterocycles. The first-order valence-electron chi connectivity index (χ1n) is 8.42. The average molecular weight is 556 g/mol. The Hall–Kier alpha value is -1.89. The van der Waals surface area contributed by atoms with Crippen LogP contribution in [0.4, 0.5) is 0 Å². The average Bonchev–Trinajstić information content (AvgIpc) is 2.63. The van der Waals surface area contributed by atoms with Gasteiger partial charge in [0.1, 0.15) is 20.4 Å². The Bertz CT molecular complexity index is 1740. The molecule has 32 heavy (non-hydrogen) atoms. The summed E-state index contributed by atoms with van der Waals surface area (Å²) < 4.78 is 79.8. The molecule has 8 nitrogen and oxygen atoms in total. The molecule has 4 aromatic rings. The molecular weight excluding hydrogens is 547 g/mol. The third-order valence-corrected chi connectivity index (χ3v) is 9.13. The van der Waals surface area contributed by atoms with Gasteiger partial charge in [-0.05, 0) is 17.5 Å². The molecule has 0 unspecified atom stereocenters. The lowest BCUT2D eigenvalue weighted by atomic mass is 9.94. The van der Waals surface area contributed by atoms with Crippen molar-refractivity contribution in [3.8, 4) is 5.75 Å². The van der Waals surface area contributed by atoms with Gasteiger partial charge in [-0.1, -0.05) is 24.3 Å². The number of hydrogen-bond acceptors (Lipinski definition) is 8. The summed E-state index contributed by atoms with van der Waals surface area (Å²) in [6.45, 7) is 1.19. The Morgan fingerprint density at radius 2 is 1.09 bits per heavy atom. The number of benzene rings is 4. The van der Waals surface area contributed by atoms with E-state index in [4.69, 9.17) is 36.8 Å². The fourth-order valence-corrected chi connectivity index (χ4v) is 9.33. The zero-order valence-electron chi connectivity index (χ0n) is 15.6. The van der Waals surface area contributed by atoms with Crippen LogP contribution in [-0.2, 0) is 31.9 Å². The van der Waals surface area contributed by atoms with Gasteiger partial charge in [0.2, 0.25) is 0 Å². The van der Waals surface area contributed by atoms with E-state index < -0.39 is 47.8 Å². The summed E-state index contributed by atoms with van der Waals surface area (Å²) in [6, 6.07) is 8.45. The molecule has 0 N–H and O–H groups in total. The molecule has 0 aliphatic heterocycles. The van der Waals surface area contributed by atoms with E-state index in [9.17, 15) is 30.0 Å². The van der Waals surface area contributed by atoms with Crippen molar-refractivity contribution in [3.05, 3.63) is 36.4 Å². The second-order valence-electron chi connectivity index (χ2n) is 6.71. The number of carbonyl (C=O) groups excluding carboxylic acids is 1. The smallest absolute Gasteiger partial charge is 0.308 e. The van der Waals surface area contributed by atoms with Crippen LogP contribution >= 0.6 is 32.0 Å². The Balaban J connectivity index is 2.46. The van der Waals surface area contributed by atoms with Gasteiger partial charge in [-0.15, -0.1) is 0 Å². The van der Waals surface area contributed by atoms with E-state index in [0.29, 0.717) is 16.2 Å². The lowest BCUT2D eigenvalue weighted by molar-refractivity contribution is -0.131. The van der Waals surface area contributed by atoms with Crippen LogP contribution in [0.15, 0.2) is 51.1 Å². The summed E-state index contributed by atoms with van der Waals surface area (Å²) in [5.41, 5.74) is 0. The van der Waals surface area contributed by atoms with Crippen molar-refractivity contribution >= 4 is 97.5 Å². The van der Waals surface area contributed by atoms with Gasteiger partial charge in [-0.3, -0.25) is 4.79 Å². The van der Waals surface area contributed by atoms with E-state index in [-0.39, 0.29) is 21.9 Å². The fraction of sp³-hybridized carbons (Fsp3) is 0.0556. The van der Waals surface area contributed by atoms with Crippen molar-refractivity contribution in [1.82, 2.24) is 0 Å². The molecule has 0 aliphatic carbocycles. The molecule has 0 aliphatic rings. The number of hydrogen-bond donors (Lipinski definition) is 0. The molecule has 0 amide bonds. The quantitative estimate of drug-likeness (QED) is 0.158. The third-order valence-electron chi connectivity index (χ3n) is 4.76. The monoisotopic (exact) mass is 554 g/mol. The van der Waals surface area contributed by atoms with E-state index in [1.807, 2.05) is 0 Å². The van der Waals surface area contributed by atoms with Crippen LogP contribution in [-0.4, -0.2) is 31.2 Å². The van der Waals surface area contributed by atoms with E-state index in [1.165, 1.54) is 37.3 Å². The molecule has 0 heterocycles. The molecule has 0 radical (unpaired) electrons. The minimum Gasteiger partial charge on any atom is -0.426 e. The van der Waals surface area contributed by atoms with Crippen molar-refractivity contribution in [2.24, 2.45) is 0 Å². The summed E-state index contributed by atoms with van der Waals surface area (Å²) in [5.74, 6) is -0.498. The van der Waals surface area contributed by atoms with Gasteiger partial charge in [0.15, 0.2) is 0 Å². The van der Waals surface area contributed by atoms with Crippen LogP contribution in [0.2, 0.25) is 0 Å². The molecule has 0 saturated carbocycles. The maximum atomic E-state index is 12.5. The highest BCUT2D eigenvalue weighted by molar-refractivity contribution is 8.17. The Labute approximate surface area is 195 Å². The highest BCUT2D eigenvalue weighted by atomic mass is 35.7. The van der Waals surface area contributed by atoms with Gasteiger partial charge in [0.05, 0.1) is 0 Å². The van der Waals surface area contributed by atoms with Gasteiger partial charge in [-0.2, -0.15) is 0 Å². The van der Waals surface area contributed by atoms with Crippen molar-refractivity contribution in [2.75, 3.05) is 0 Å². The highest BCUT2D eigenvalue weighted by Gasteiger charge is 2.37. The first-order chi connectivity index (χ1) is 14.6. The summed E-state index contributed by atoms with van der Waals surface area (Å²) >= 11 is 0. The Morgan fingerprint density at radius 1 is 0.656 bits per heavy atom. The van der Waals surface area contributed by atoms with Gasteiger partial charge in [-0.25, -0.2) is 25.3 Å². The summed E-state index contributed by atoms with van der Waals surface area (Å²) in [4.78, 5) is 8.22. The van der Waals surface area contributed by atoms with E-state index in [2.05, 4.69) is 0 Å². The SMILES string of the molecule is CC(=O)Oc1ccc2ccc3c(S(=O)(=O)Cl)c(S(=O)(=O)Cl)c(S(=O)(=O)Cl)c4ccc1c2c34. The van der Waals surface area contributed by atoms with Crippen molar-refractivity contribution in [1.29, 1.82) is 0 Å². The second kappa shape index (κ2) is 7.31. The maximum absolute atomic E-state index is 12.5. The zero-order valence-corrected chi connectivity index (χ0v) is 20.3. The molecule has 14 heteroatoms. The first kappa shape index (κ1) is 23.3. The van der Waals surface area contributed by atoms with Crippen LogP contribution in [0.3, 0.4) is 0 Å². The maximum Gasteiger partial charge on any atom is 0.308 e. The Morgan fingerprint density at radius 3 is 1.56 bits per heavy atom. The minimum absolute atomic E-state index is 0.0384. The molecule has 0 spiro atoms. The lowest BCUT2D eigenvalue weighted by Gasteiger charge is -2.19. The van der Waals surface area contributed by atoms with Crippen LogP contribution in [0.1, 0.15) is 6.92 Å². The van der Waals surface area contributed by atoms with Gasteiger partial charge >= 0.3 is 5.97 Å². The van der Waals surface area contributed by atoms with E-state index in [0.717, 1.165) is 0 Å². The minimum atomic E-state index is -4.97. The molecule has 0 atom stereocenters. The van der Waals surface area contributed by atoms with Crippen LogP contribution in [0, 0.1) is 0 Å². The molecule has 168 valence electrons. The van der Waals surface area contributed by atoms with Crippen LogP contribution in [0.25, 0.3) is 32.3 Å². The molecule has 0 bridgehead atoms. The third kappa shape index (κ3) is 3.66. The predicted molar refractivity (Wildman–Crippen MR) is 121 cm³/mol. The fourth-order valence-electron chi connectivity index (χ4n) is 3.80. The van der Waals surface area contributed by atoms with Gasteiger partial charge < -0.3 is 4.74 Å². The Kier molecular flexibility index (Phi) is 5.31. The van der Waals surface area contributed by atoms with Crippen LogP contribution in [0.5, 0.6) is 5.75 Å². The lowest BCUT2D eigenvalue weighted by Crippen LogP contribution is -2.10. The highest BCUT2D eigenvalue weighted by Crippen LogP contribution is 2.48. The molecule has 0 fully saturated rings. The number of esters is 1. The first-order valence-corrected chi connectivity index (χ1v) is 15.3. The summed E-state index contributed by atoms with van der Waals surface area (Å²) in [6.07, 6.45) is 0. The predicted octanol–water partition coefficient (Wildman–Crippen LogP) is 4.29. The number of ether oxygens (including phenoxy) is 1. The number of halogens is 3. The largest absolute Gasteiger partial charge is 0.426 e. The second-order valence-corrected chi connectivity index (χ2v) is 14.2. The summed E-state index contributed by atoms with van der Waals surface area (Å²) in [5, 5.41) is 0.809. The standard InChI is InChI=1S/C18H9Cl3O8S3/c1-8(22)29-13-7-3-9-2-4-11-15-12(6-5-10(13)14(9)15)17(31(20,25)26)18(32(21,27)28)16(11)30(19,23)24/h2-7H,1H3.